The fourth-order valence-corrected chi connectivity index (χ4v) is 4.25. The topological polar surface area (TPSA) is 83.6 Å². The van der Waals surface area contributed by atoms with Gasteiger partial charge >= 0.3 is 6.03 Å². The standard InChI is InChI=1S/C20H26N4O3S/c1-14(25)21-9-6-17-13-28-19(22-17)15-7-10-24(11-8-15)20(26)23-16-4-3-5-18(12-16)27-2/h3-5,12-13,15H,6-11H2,1-2H3,(H,21,25)(H,23,26). The summed E-state index contributed by atoms with van der Waals surface area (Å²) in [6.07, 6.45) is 2.56. The van der Waals surface area contributed by atoms with Crippen molar-refractivity contribution in [3.63, 3.8) is 0 Å². The maximum atomic E-state index is 12.5. The Morgan fingerprint density at radius 1 is 1.32 bits per heavy atom. The number of aromatic nitrogens is 1. The molecule has 2 aromatic rings. The van der Waals surface area contributed by atoms with Crippen LogP contribution in [0.2, 0.25) is 0 Å². The van der Waals surface area contributed by atoms with Gasteiger partial charge in [0.05, 0.1) is 17.8 Å². The van der Waals surface area contributed by atoms with Crippen LogP contribution in [0.3, 0.4) is 0 Å². The molecule has 1 aromatic carbocycles. The number of likely N-dealkylation sites (tertiary alicyclic amines) is 1. The molecule has 2 N–H and O–H groups in total. The third-order valence-electron chi connectivity index (χ3n) is 4.78. The van der Waals surface area contributed by atoms with Gasteiger partial charge in [0.15, 0.2) is 0 Å². The van der Waals surface area contributed by atoms with E-state index in [4.69, 9.17) is 9.72 Å². The van der Waals surface area contributed by atoms with Gasteiger partial charge in [0.1, 0.15) is 5.75 Å². The van der Waals surface area contributed by atoms with E-state index in [-0.39, 0.29) is 11.9 Å². The molecule has 3 rings (SSSR count). The second-order valence-electron chi connectivity index (χ2n) is 6.83. The lowest BCUT2D eigenvalue weighted by atomic mass is 9.98. The van der Waals surface area contributed by atoms with Crippen LogP contribution in [0.25, 0.3) is 0 Å². The summed E-state index contributed by atoms with van der Waals surface area (Å²) in [7, 11) is 1.61. The van der Waals surface area contributed by atoms with Gasteiger partial charge in [-0.05, 0) is 25.0 Å². The normalized spacial score (nSPS) is 14.6. The number of amides is 3. The first-order valence-electron chi connectivity index (χ1n) is 9.44. The molecule has 1 aromatic heterocycles. The van der Waals surface area contributed by atoms with E-state index in [1.165, 1.54) is 6.92 Å². The number of methoxy groups -OCH3 is 1. The van der Waals surface area contributed by atoms with Gasteiger partial charge in [-0.25, -0.2) is 9.78 Å². The lowest BCUT2D eigenvalue weighted by molar-refractivity contribution is -0.118. The molecule has 0 unspecified atom stereocenters. The van der Waals surface area contributed by atoms with Gasteiger partial charge in [-0.2, -0.15) is 0 Å². The summed E-state index contributed by atoms with van der Waals surface area (Å²) in [5.74, 6) is 1.09. The molecule has 1 aliphatic rings. The molecular weight excluding hydrogens is 376 g/mol. The molecule has 1 fully saturated rings. The molecule has 7 nitrogen and oxygen atoms in total. The van der Waals surface area contributed by atoms with Crippen LogP contribution < -0.4 is 15.4 Å². The lowest BCUT2D eigenvalue weighted by Gasteiger charge is -2.31. The number of ether oxygens (including phenoxy) is 1. The SMILES string of the molecule is COc1cccc(NC(=O)N2CCC(c3nc(CCNC(C)=O)cs3)CC2)c1. The van der Waals surface area contributed by atoms with E-state index in [1.807, 2.05) is 29.2 Å². The molecule has 0 bridgehead atoms. The zero-order chi connectivity index (χ0) is 19.9. The fourth-order valence-electron chi connectivity index (χ4n) is 3.22. The predicted molar refractivity (Wildman–Crippen MR) is 110 cm³/mol. The van der Waals surface area contributed by atoms with Crippen LogP contribution >= 0.6 is 11.3 Å². The summed E-state index contributed by atoms with van der Waals surface area (Å²) >= 11 is 1.67. The van der Waals surface area contributed by atoms with Crippen LogP contribution in [-0.2, 0) is 11.2 Å². The Kier molecular flexibility index (Phi) is 6.86. The zero-order valence-electron chi connectivity index (χ0n) is 16.2. The second-order valence-corrected chi connectivity index (χ2v) is 7.72. The van der Waals surface area contributed by atoms with Gasteiger partial charge in [0.25, 0.3) is 0 Å². The highest BCUT2D eigenvalue weighted by atomic mass is 32.1. The van der Waals surface area contributed by atoms with Crippen molar-refractivity contribution in [2.45, 2.75) is 32.1 Å². The van der Waals surface area contributed by atoms with Crippen molar-refractivity contribution in [1.29, 1.82) is 0 Å². The number of hydrogen-bond donors (Lipinski definition) is 2. The summed E-state index contributed by atoms with van der Waals surface area (Å²) in [6.45, 7) is 3.55. The summed E-state index contributed by atoms with van der Waals surface area (Å²) < 4.78 is 5.19. The molecule has 1 aliphatic heterocycles. The number of hydrogen-bond acceptors (Lipinski definition) is 5. The second kappa shape index (κ2) is 9.54. The maximum Gasteiger partial charge on any atom is 0.321 e. The van der Waals surface area contributed by atoms with Gasteiger partial charge in [-0.1, -0.05) is 6.07 Å². The minimum Gasteiger partial charge on any atom is -0.497 e. The largest absolute Gasteiger partial charge is 0.497 e. The first-order valence-corrected chi connectivity index (χ1v) is 10.3. The van der Waals surface area contributed by atoms with Crippen molar-refractivity contribution >= 4 is 29.0 Å². The molecule has 2 heterocycles. The molecular formula is C20H26N4O3S. The van der Waals surface area contributed by atoms with Gasteiger partial charge in [0, 0.05) is 56.0 Å². The highest BCUT2D eigenvalue weighted by Gasteiger charge is 2.25. The number of carbonyl (C=O) groups excluding carboxylic acids is 2. The fraction of sp³-hybridized carbons (Fsp3) is 0.450. The Morgan fingerprint density at radius 3 is 2.82 bits per heavy atom. The Morgan fingerprint density at radius 2 is 2.11 bits per heavy atom. The van der Waals surface area contributed by atoms with Gasteiger partial charge in [0.2, 0.25) is 5.91 Å². The van der Waals surface area contributed by atoms with Crippen LogP contribution in [0, 0.1) is 0 Å². The monoisotopic (exact) mass is 402 g/mol. The zero-order valence-corrected chi connectivity index (χ0v) is 17.1. The first-order chi connectivity index (χ1) is 13.5. The van der Waals surface area contributed by atoms with Crippen molar-refractivity contribution in [3.8, 4) is 5.75 Å². The highest BCUT2D eigenvalue weighted by molar-refractivity contribution is 7.09. The lowest BCUT2D eigenvalue weighted by Crippen LogP contribution is -2.40. The number of thiazole rings is 1. The molecule has 0 spiro atoms. The summed E-state index contributed by atoms with van der Waals surface area (Å²) in [6, 6.07) is 7.28. The molecule has 0 radical (unpaired) electrons. The van der Waals surface area contributed by atoms with Crippen molar-refractivity contribution < 1.29 is 14.3 Å². The van der Waals surface area contributed by atoms with Crippen LogP contribution in [0.15, 0.2) is 29.6 Å². The van der Waals surface area contributed by atoms with E-state index in [1.54, 1.807) is 18.4 Å². The van der Waals surface area contributed by atoms with Crippen LogP contribution in [0.1, 0.15) is 36.4 Å². The van der Waals surface area contributed by atoms with Crippen molar-refractivity contribution in [2.75, 3.05) is 32.1 Å². The predicted octanol–water partition coefficient (Wildman–Crippen LogP) is 3.24. The molecule has 150 valence electrons. The van der Waals surface area contributed by atoms with Crippen LogP contribution in [0.4, 0.5) is 10.5 Å². The van der Waals surface area contributed by atoms with Crippen molar-refractivity contribution in [3.05, 3.63) is 40.3 Å². The number of nitrogens with one attached hydrogen (secondary N) is 2. The number of urea groups is 1. The van der Waals surface area contributed by atoms with E-state index in [0.717, 1.165) is 41.4 Å². The van der Waals surface area contributed by atoms with Crippen molar-refractivity contribution in [2.24, 2.45) is 0 Å². The van der Waals surface area contributed by atoms with Gasteiger partial charge < -0.3 is 20.3 Å². The van der Waals surface area contributed by atoms with Crippen molar-refractivity contribution in [1.82, 2.24) is 15.2 Å². The number of anilines is 1. The molecule has 28 heavy (non-hydrogen) atoms. The average molecular weight is 403 g/mol. The molecule has 1 saturated heterocycles. The Labute approximate surface area is 169 Å². The van der Waals surface area contributed by atoms with Crippen LogP contribution in [0.5, 0.6) is 5.75 Å². The smallest absolute Gasteiger partial charge is 0.321 e. The molecule has 3 amide bonds. The molecule has 0 saturated carbocycles. The summed E-state index contributed by atoms with van der Waals surface area (Å²) in [4.78, 5) is 30.0. The molecule has 8 heteroatoms. The number of nitrogens with zero attached hydrogens (tertiary/aromatic N) is 2. The summed E-state index contributed by atoms with van der Waals surface area (Å²) in [5.41, 5.74) is 1.75. The van der Waals surface area contributed by atoms with E-state index < -0.39 is 0 Å². The van der Waals surface area contributed by atoms with Gasteiger partial charge in [-0.3, -0.25) is 4.79 Å². The number of rotatable bonds is 6. The van der Waals surface area contributed by atoms with Gasteiger partial charge in [-0.15, -0.1) is 11.3 Å². The number of benzene rings is 1. The van der Waals surface area contributed by atoms with Crippen LogP contribution in [-0.4, -0.2) is 48.6 Å². The number of carbonyl (C=O) groups is 2. The molecule has 0 aliphatic carbocycles. The van der Waals surface area contributed by atoms with E-state index in [0.29, 0.717) is 25.6 Å². The third kappa shape index (κ3) is 5.45. The van der Waals surface area contributed by atoms with E-state index in [2.05, 4.69) is 16.0 Å². The quantitative estimate of drug-likeness (QED) is 0.777. The third-order valence-corrected chi connectivity index (χ3v) is 5.83. The minimum absolute atomic E-state index is 0.0185. The maximum absolute atomic E-state index is 12.5. The number of piperidine rings is 1. The molecule has 0 atom stereocenters. The Hall–Kier alpha value is -2.61. The Bertz CT molecular complexity index is 815. The van der Waals surface area contributed by atoms with E-state index in [9.17, 15) is 9.59 Å². The minimum atomic E-state index is -0.0816. The highest BCUT2D eigenvalue weighted by Crippen LogP contribution is 2.30. The average Bonchev–Trinajstić information content (AvgIpc) is 3.17. The Balaban J connectivity index is 1.48. The van der Waals surface area contributed by atoms with E-state index >= 15 is 0 Å². The summed E-state index contributed by atoms with van der Waals surface area (Å²) in [5, 5.41) is 8.93. The first kappa shape index (κ1) is 20.1.